The number of nitrogens with one attached hydrogen (secondary N) is 1. The molecule has 2 aromatic carbocycles. The molecule has 0 radical (unpaired) electrons. The molecule has 4 nitrogen and oxygen atoms in total. The van der Waals surface area contributed by atoms with Gasteiger partial charge in [0.15, 0.2) is 0 Å². The highest BCUT2D eigenvalue weighted by molar-refractivity contribution is 7.16. The number of hydrogen-bond donors (Lipinski definition) is 2. The van der Waals surface area contributed by atoms with Gasteiger partial charge in [-0.3, -0.25) is 5.84 Å². The number of aromatic nitrogens is 1. The number of nitrogens with zero attached hydrogens (tertiary/aromatic N) is 1. The van der Waals surface area contributed by atoms with Crippen molar-refractivity contribution in [1.29, 1.82) is 0 Å². The van der Waals surface area contributed by atoms with Gasteiger partial charge in [0, 0.05) is 11.6 Å². The van der Waals surface area contributed by atoms with E-state index < -0.39 is 0 Å². The summed E-state index contributed by atoms with van der Waals surface area (Å²) in [5.41, 5.74) is 7.36. The van der Waals surface area contributed by atoms with Crippen LogP contribution in [0.3, 0.4) is 0 Å². The molecule has 0 bridgehead atoms. The van der Waals surface area contributed by atoms with Gasteiger partial charge in [-0.2, -0.15) is 0 Å². The summed E-state index contributed by atoms with van der Waals surface area (Å²) >= 11 is 1.62. The highest BCUT2D eigenvalue weighted by Gasteiger charge is 2.03. The van der Waals surface area contributed by atoms with E-state index in [-0.39, 0.29) is 0 Å². The zero-order chi connectivity index (χ0) is 13.1. The van der Waals surface area contributed by atoms with Gasteiger partial charge in [-0.05, 0) is 18.2 Å². The van der Waals surface area contributed by atoms with E-state index in [4.69, 9.17) is 10.6 Å². The molecule has 0 fully saturated rings. The SMILES string of the molecule is NNc1ccccc1COc1ccc2scnc2c1. The van der Waals surface area contributed by atoms with Gasteiger partial charge in [-0.25, -0.2) is 4.98 Å². The van der Waals surface area contributed by atoms with Crippen LogP contribution in [0.25, 0.3) is 10.2 Å². The van der Waals surface area contributed by atoms with E-state index in [1.165, 1.54) is 0 Å². The summed E-state index contributed by atoms with van der Waals surface area (Å²) in [6.07, 6.45) is 0. The molecule has 3 rings (SSSR count). The van der Waals surface area contributed by atoms with Gasteiger partial charge in [0.2, 0.25) is 0 Å². The first-order valence-electron chi connectivity index (χ1n) is 5.87. The van der Waals surface area contributed by atoms with Crippen LogP contribution in [0.2, 0.25) is 0 Å². The monoisotopic (exact) mass is 271 g/mol. The molecule has 3 aromatic rings. The van der Waals surface area contributed by atoms with Gasteiger partial charge in [-0.1, -0.05) is 18.2 Å². The highest BCUT2D eigenvalue weighted by atomic mass is 32.1. The Morgan fingerprint density at radius 1 is 1.21 bits per heavy atom. The minimum Gasteiger partial charge on any atom is -0.489 e. The lowest BCUT2D eigenvalue weighted by atomic mass is 10.2. The summed E-state index contributed by atoms with van der Waals surface area (Å²) in [4.78, 5) is 4.27. The molecule has 0 spiro atoms. The Labute approximate surface area is 114 Å². The van der Waals surface area contributed by atoms with Crippen LogP contribution in [0.5, 0.6) is 5.75 Å². The van der Waals surface area contributed by atoms with E-state index in [0.717, 1.165) is 27.2 Å². The van der Waals surface area contributed by atoms with E-state index in [1.54, 1.807) is 11.3 Å². The largest absolute Gasteiger partial charge is 0.489 e. The van der Waals surface area contributed by atoms with Gasteiger partial charge >= 0.3 is 0 Å². The number of anilines is 1. The van der Waals surface area contributed by atoms with Gasteiger partial charge in [0.05, 0.1) is 21.4 Å². The van der Waals surface area contributed by atoms with E-state index >= 15 is 0 Å². The van der Waals surface area contributed by atoms with E-state index in [0.29, 0.717) is 6.61 Å². The van der Waals surface area contributed by atoms with Gasteiger partial charge in [-0.15, -0.1) is 11.3 Å². The predicted octanol–water partition coefficient (Wildman–Crippen LogP) is 3.16. The van der Waals surface area contributed by atoms with Crippen LogP contribution >= 0.6 is 11.3 Å². The number of fused-ring (bicyclic) bond motifs is 1. The van der Waals surface area contributed by atoms with Crippen LogP contribution in [-0.4, -0.2) is 4.98 Å². The molecule has 0 amide bonds. The first-order chi connectivity index (χ1) is 9.36. The second kappa shape index (κ2) is 5.26. The third kappa shape index (κ3) is 2.52. The number of thiazole rings is 1. The van der Waals surface area contributed by atoms with E-state index in [2.05, 4.69) is 10.4 Å². The van der Waals surface area contributed by atoms with Crippen molar-refractivity contribution in [3.63, 3.8) is 0 Å². The smallest absolute Gasteiger partial charge is 0.122 e. The molecule has 1 aromatic heterocycles. The molecule has 96 valence electrons. The van der Waals surface area contributed by atoms with Gasteiger partial charge in [0.1, 0.15) is 12.4 Å². The molecular weight excluding hydrogens is 258 g/mol. The fourth-order valence-electron chi connectivity index (χ4n) is 1.88. The van der Waals surface area contributed by atoms with Crippen LogP contribution in [0.4, 0.5) is 5.69 Å². The number of para-hydroxylation sites is 1. The Bertz CT molecular complexity index is 696. The minimum absolute atomic E-state index is 0.468. The van der Waals surface area contributed by atoms with Gasteiger partial charge < -0.3 is 10.2 Å². The zero-order valence-corrected chi connectivity index (χ0v) is 11.0. The fourth-order valence-corrected chi connectivity index (χ4v) is 2.53. The number of nitrogen functional groups attached to an aromatic ring is 1. The summed E-state index contributed by atoms with van der Waals surface area (Å²) in [5.74, 6) is 6.28. The second-order valence-electron chi connectivity index (χ2n) is 4.07. The molecule has 1 heterocycles. The first-order valence-corrected chi connectivity index (χ1v) is 6.75. The number of benzene rings is 2. The standard InChI is InChI=1S/C14H13N3OS/c15-17-12-4-2-1-3-10(12)8-18-11-5-6-14-13(7-11)16-9-19-14/h1-7,9,17H,8,15H2. The lowest BCUT2D eigenvalue weighted by Crippen LogP contribution is -2.10. The number of ether oxygens (including phenoxy) is 1. The summed E-state index contributed by atoms with van der Waals surface area (Å²) in [7, 11) is 0. The van der Waals surface area contributed by atoms with Crippen molar-refractivity contribution in [2.45, 2.75) is 6.61 Å². The van der Waals surface area contributed by atoms with Crippen molar-refractivity contribution < 1.29 is 4.74 Å². The van der Waals surface area contributed by atoms with Crippen molar-refractivity contribution in [3.05, 3.63) is 53.5 Å². The number of hydrogen-bond acceptors (Lipinski definition) is 5. The van der Waals surface area contributed by atoms with Crippen molar-refractivity contribution in [1.82, 2.24) is 4.98 Å². The fraction of sp³-hybridized carbons (Fsp3) is 0.0714. The third-order valence-corrected chi connectivity index (χ3v) is 3.68. The van der Waals surface area contributed by atoms with E-state index in [1.807, 2.05) is 48.0 Å². The van der Waals surface area contributed by atoms with Crippen molar-refractivity contribution in [2.75, 3.05) is 5.43 Å². The Morgan fingerprint density at radius 2 is 2.11 bits per heavy atom. The Morgan fingerprint density at radius 3 is 3.00 bits per heavy atom. The highest BCUT2D eigenvalue weighted by Crippen LogP contribution is 2.24. The number of rotatable bonds is 4. The normalized spacial score (nSPS) is 10.6. The lowest BCUT2D eigenvalue weighted by Gasteiger charge is -2.10. The van der Waals surface area contributed by atoms with Crippen LogP contribution in [0, 0.1) is 0 Å². The maximum Gasteiger partial charge on any atom is 0.122 e. The second-order valence-corrected chi connectivity index (χ2v) is 4.96. The molecule has 0 saturated heterocycles. The maximum absolute atomic E-state index is 5.78. The Hall–Kier alpha value is -2.11. The molecule has 5 heteroatoms. The first kappa shape index (κ1) is 12.0. The molecule has 0 aliphatic heterocycles. The summed E-state index contributed by atoms with van der Waals surface area (Å²) < 4.78 is 6.94. The number of nitrogens with two attached hydrogens (primary N) is 1. The molecule has 3 N–H and O–H groups in total. The maximum atomic E-state index is 5.78. The number of hydrazine groups is 1. The zero-order valence-electron chi connectivity index (χ0n) is 10.2. The molecule has 0 aliphatic rings. The van der Waals surface area contributed by atoms with Crippen molar-refractivity contribution >= 4 is 27.2 Å². The topological polar surface area (TPSA) is 60.2 Å². The molecule has 0 atom stereocenters. The summed E-state index contributed by atoms with van der Waals surface area (Å²) in [5, 5.41) is 0. The Balaban J connectivity index is 1.78. The molecule has 0 unspecified atom stereocenters. The predicted molar refractivity (Wildman–Crippen MR) is 78.2 cm³/mol. The van der Waals surface area contributed by atoms with Crippen LogP contribution < -0.4 is 16.0 Å². The van der Waals surface area contributed by atoms with Gasteiger partial charge in [0.25, 0.3) is 0 Å². The molecule has 19 heavy (non-hydrogen) atoms. The lowest BCUT2D eigenvalue weighted by molar-refractivity contribution is 0.307. The average molecular weight is 271 g/mol. The molecule has 0 saturated carbocycles. The quantitative estimate of drug-likeness (QED) is 0.565. The Kier molecular flexibility index (Phi) is 3.31. The van der Waals surface area contributed by atoms with E-state index in [9.17, 15) is 0 Å². The molecule has 0 aliphatic carbocycles. The summed E-state index contributed by atoms with van der Waals surface area (Å²) in [6, 6.07) is 13.7. The van der Waals surface area contributed by atoms with Crippen LogP contribution in [0.1, 0.15) is 5.56 Å². The minimum atomic E-state index is 0.468. The third-order valence-electron chi connectivity index (χ3n) is 2.87. The van der Waals surface area contributed by atoms with Crippen molar-refractivity contribution in [2.24, 2.45) is 5.84 Å². The average Bonchev–Trinajstić information content (AvgIpc) is 2.93. The summed E-state index contributed by atoms with van der Waals surface area (Å²) in [6.45, 7) is 0.468. The molecular formula is C14H13N3OS. The van der Waals surface area contributed by atoms with Crippen molar-refractivity contribution in [3.8, 4) is 5.75 Å². The van der Waals surface area contributed by atoms with Crippen LogP contribution in [-0.2, 0) is 6.61 Å². The van der Waals surface area contributed by atoms with Crippen LogP contribution in [0.15, 0.2) is 48.0 Å².